The minimum Gasteiger partial charge on any atom is -0.381 e. The number of hydrogen-bond acceptors (Lipinski definition) is 3. The van der Waals surface area contributed by atoms with E-state index in [4.69, 9.17) is 9.47 Å². The first-order valence-corrected chi connectivity index (χ1v) is 8.80. The lowest BCUT2D eigenvalue weighted by Crippen LogP contribution is -2.38. The number of aliphatic imine (C=N–C) groups is 1. The first kappa shape index (κ1) is 19.6. The van der Waals surface area contributed by atoms with Gasteiger partial charge in [-0.2, -0.15) is 0 Å². The Bertz CT molecular complexity index is 549. The van der Waals surface area contributed by atoms with Gasteiger partial charge < -0.3 is 20.1 Å². The number of halogens is 2. The molecule has 140 valence electrons. The summed E-state index contributed by atoms with van der Waals surface area (Å²) in [6.45, 7) is 6.46. The number of benzene rings is 1. The van der Waals surface area contributed by atoms with Crippen molar-refractivity contribution in [3.8, 4) is 0 Å². The zero-order valence-electron chi connectivity index (χ0n) is 14.7. The molecule has 1 saturated heterocycles. The van der Waals surface area contributed by atoms with Crippen molar-refractivity contribution in [1.82, 2.24) is 10.6 Å². The third-order valence-corrected chi connectivity index (χ3v) is 3.89. The lowest BCUT2D eigenvalue weighted by atomic mass is 10.1. The number of nitrogens with zero attached hydrogens (tertiary/aromatic N) is 1. The van der Waals surface area contributed by atoms with E-state index < -0.39 is 11.6 Å². The van der Waals surface area contributed by atoms with Crippen molar-refractivity contribution in [2.75, 3.05) is 39.5 Å². The van der Waals surface area contributed by atoms with E-state index in [2.05, 4.69) is 15.6 Å². The summed E-state index contributed by atoms with van der Waals surface area (Å²) in [4.78, 5) is 4.30. The predicted molar refractivity (Wildman–Crippen MR) is 93.5 cm³/mol. The van der Waals surface area contributed by atoms with Crippen molar-refractivity contribution in [2.45, 2.75) is 26.3 Å². The Kier molecular flexibility index (Phi) is 8.62. The summed E-state index contributed by atoms with van der Waals surface area (Å²) in [7, 11) is 0. The molecular weight excluding hydrogens is 328 g/mol. The van der Waals surface area contributed by atoms with Gasteiger partial charge in [0.25, 0.3) is 0 Å². The molecule has 0 aromatic heterocycles. The molecule has 0 radical (unpaired) electrons. The lowest BCUT2D eigenvalue weighted by Gasteiger charge is -2.12. The van der Waals surface area contributed by atoms with E-state index in [-0.39, 0.29) is 12.1 Å². The second kappa shape index (κ2) is 11.0. The van der Waals surface area contributed by atoms with Crippen LogP contribution >= 0.6 is 0 Å². The summed E-state index contributed by atoms with van der Waals surface area (Å²) in [6, 6.07) is 3.39. The van der Waals surface area contributed by atoms with Crippen molar-refractivity contribution in [1.29, 1.82) is 0 Å². The minimum absolute atomic E-state index is 0.0805. The number of rotatable bonds is 9. The molecule has 0 spiro atoms. The van der Waals surface area contributed by atoms with Gasteiger partial charge in [0.1, 0.15) is 11.6 Å². The molecule has 2 N–H and O–H groups in total. The second-order valence-corrected chi connectivity index (χ2v) is 6.02. The van der Waals surface area contributed by atoms with Crippen LogP contribution in [0.1, 0.15) is 25.3 Å². The Morgan fingerprint density at radius 1 is 1.36 bits per heavy atom. The molecule has 2 rings (SSSR count). The molecule has 25 heavy (non-hydrogen) atoms. The zero-order valence-corrected chi connectivity index (χ0v) is 14.7. The highest BCUT2D eigenvalue weighted by Crippen LogP contribution is 2.12. The van der Waals surface area contributed by atoms with Gasteiger partial charge in [-0.3, -0.25) is 0 Å². The molecular formula is C18H27F2N3O2. The second-order valence-electron chi connectivity index (χ2n) is 6.02. The fraction of sp³-hybridized carbons (Fsp3) is 0.611. The number of hydrogen-bond donors (Lipinski definition) is 2. The normalized spacial score (nSPS) is 17.7. The quantitative estimate of drug-likeness (QED) is 0.406. The van der Waals surface area contributed by atoms with Crippen LogP contribution in [0.4, 0.5) is 8.78 Å². The maximum absolute atomic E-state index is 13.6. The molecule has 1 aromatic carbocycles. The first-order valence-electron chi connectivity index (χ1n) is 8.80. The number of nitrogens with one attached hydrogen (secondary N) is 2. The van der Waals surface area contributed by atoms with Gasteiger partial charge in [0.2, 0.25) is 0 Å². The SMILES string of the molecule is CCNC(=NCc1cc(F)ccc1F)NCCCOCC1CCOC1. The zero-order chi connectivity index (χ0) is 17.9. The van der Waals surface area contributed by atoms with Crippen LogP contribution in [0.15, 0.2) is 23.2 Å². The topological polar surface area (TPSA) is 54.9 Å². The maximum atomic E-state index is 13.6. The summed E-state index contributed by atoms with van der Waals surface area (Å²) >= 11 is 0. The van der Waals surface area contributed by atoms with Crippen molar-refractivity contribution in [3.63, 3.8) is 0 Å². The Morgan fingerprint density at radius 2 is 2.24 bits per heavy atom. The Hall–Kier alpha value is -1.73. The van der Waals surface area contributed by atoms with Gasteiger partial charge in [0, 0.05) is 37.8 Å². The number of guanidine groups is 1. The van der Waals surface area contributed by atoms with E-state index in [9.17, 15) is 8.78 Å². The van der Waals surface area contributed by atoms with E-state index in [1.165, 1.54) is 6.07 Å². The molecule has 0 amide bonds. The molecule has 1 aromatic rings. The van der Waals surface area contributed by atoms with Crippen LogP contribution in [0.3, 0.4) is 0 Å². The van der Waals surface area contributed by atoms with Gasteiger partial charge in [-0.05, 0) is 38.0 Å². The Labute approximate surface area is 147 Å². The van der Waals surface area contributed by atoms with E-state index in [0.717, 1.165) is 44.8 Å². The highest BCUT2D eigenvalue weighted by Gasteiger charge is 2.15. The Morgan fingerprint density at radius 3 is 3.00 bits per heavy atom. The van der Waals surface area contributed by atoms with Crippen molar-refractivity contribution in [2.24, 2.45) is 10.9 Å². The van der Waals surface area contributed by atoms with E-state index >= 15 is 0 Å². The number of ether oxygens (including phenoxy) is 2. The lowest BCUT2D eigenvalue weighted by molar-refractivity contribution is 0.0888. The van der Waals surface area contributed by atoms with E-state index in [0.29, 0.717) is 31.6 Å². The smallest absolute Gasteiger partial charge is 0.191 e. The molecule has 5 nitrogen and oxygen atoms in total. The largest absolute Gasteiger partial charge is 0.381 e. The first-order chi connectivity index (χ1) is 12.2. The third-order valence-electron chi connectivity index (χ3n) is 3.89. The average Bonchev–Trinajstić information content (AvgIpc) is 3.11. The van der Waals surface area contributed by atoms with Crippen LogP contribution < -0.4 is 10.6 Å². The van der Waals surface area contributed by atoms with Gasteiger partial charge in [-0.25, -0.2) is 13.8 Å². The third kappa shape index (κ3) is 7.36. The minimum atomic E-state index is -0.464. The highest BCUT2D eigenvalue weighted by atomic mass is 19.1. The monoisotopic (exact) mass is 355 g/mol. The molecule has 1 fully saturated rings. The van der Waals surface area contributed by atoms with Gasteiger partial charge in [0.05, 0.1) is 19.8 Å². The molecule has 1 aliphatic rings. The predicted octanol–water partition coefficient (Wildman–Crippen LogP) is 2.46. The molecule has 0 aliphatic carbocycles. The standard InChI is InChI=1S/C18H27F2N3O2/c1-2-21-18(23-11-15-10-16(19)4-5-17(15)20)22-7-3-8-24-12-14-6-9-25-13-14/h4-5,10,14H,2-3,6-9,11-13H2,1H3,(H2,21,22,23). The van der Waals surface area contributed by atoms with Gasteiger partial charge in [-0.1, -0.05) is 0 Å². The summed E-state index contributed by atoms with van der Waals surface area (Å²) in [6.07, 6.45) is 1.92. The molecule has 1 unspecified atom stereocenters. The van der Waals surface area contributed by atoms with Gasteiger partial charge >= 0.3 is 0 Å². The fourth-order valence-corrected chi connectivity index (χ4v) is 2.52. The molecule has 7 heteroatoms. The van der Waals surface area contributed by atoms with Crippen LogP contribution in [0.2, 0.25) is 0 Å². The van der Waals surface area contributed by atoms with Crippen molar-refractivity contribution < 1.29 is 18.3 Å². The van der Waals surface area contributed by atoms with E-state index in [1.807, 2.05) is 6.92 Å². The van der Waals surface area contributed by atoms with Crippen molar-refractivity contribution >= 4 is 5.96 Å². The van der Waals surface area contributed by atoms with Crippen LogP contribution in [0.5, 0.6) is 0 Å². The summed E-state index contributed by atoms with van der Waals surface area (Å²) < 4.78 is 37.8. The average molecular weight is 355 g/mol. The maximum Gasteiger partial charge on any atom is 0.191 e. The fourth-order valence-electron chi connectivity index (χ4n) is 2.52. The summed E-state index contributed by atoms with van der Waals surface area (Å²) in [5, 5.41) is 6.26. The van der Waals surface area contributed by atoms with Crippen LogP contribution in [-0.2, 0) is 16.0 Å². The molecule has 1 heterocycles. The van der Waals surface area contributed by atoms with Crippen LogP contribution in [-0.4, -0.2) is 45.5 Å². The van der Waals surface area contributed by atoms with Crippen molar-refractivity contribution in [3.05, 3.63) is 35.4 Å². The molecule has 0 bridgehead atoms. The van der Waals surface area contributed by atoms with Crippen LogP contribution in [0, 0.1) is 17.6 Å². The molecule has 0 saturated carbocycles. The summed E-state index contributed by atoms with van der Waals surface area (Å²) in [5.74, 6) is 0.183. The van der Waals surface area contributed by atoms with E-state index in [1.54, 1.807) is 0 Å². The van der Waals surface area contributed by atoms with Crippen LogP contribution in [0.25, 0.3) is 0 Å². The van der Waals surface area contributed by atoms with Gasteiger partial charge in [0.15, 0.2) is 5.96 Å². The van der Waals surface area contributed by atoms with Gasteiger partial charge in [-0.15, -0.1) is 0 Å². The highest BCUT2D eigenvalue weighted by molar-refractivity contribution is 5.79. The summed E-state index contributed by atoms with van der Waals surface area (Å²) in [5.41, 5.74) is 0.235. The molecule has 1 atom stereocenters. The molecule has 1 aliphatic heterocycles. The Balaban J connectivity index is 1.69.